The van der Waals surface area contributed by atoms with Gasteiger partial charge < -0.3 is 10.6 Å². The van der Waals surface area contributed by atoms with E-state index in [1.165, 1.54) is 0 Å². The summed E-state index contributed by atoms with van der Waals surface area (Å²) in [6, 6.07) is 0.523. The van der Waals surface area contributed by atoms with Crippen molar-refractivity contribution in [1.29, 1.82) is 0 Å². The van der Waals surface area contributed by atoms with E-state index in [9.17, 15) is 0 Å². The van der Waals surface area contributed by atoms with Crippen molar-refractivity contribution in [3.63, 3.8) is 0 Å². The van der Waals surface area contributed by atoms with Gasteiger partial charge in [-0.2, -0.15) is 0 Å². The highest BCUT2D eigenvalue weighted by Crippen LogP contribution is 2.19. The maximum atomic E-state index is 5.64. The molecule has 0 bridgehead atoms. The quantitative estimate of drug-likeness (QED) is 0.808. The Labute approximate surface area is 111 Å². The standard InChI is InChI=1S/C14H26N4/c1-5-13(6-2)18(10-11(3)4)14-9-16-8-12(7-15)17-14/h8-9,11,13H,5-7,10,15H2,1-4H3. The normalized spacial score (nSPS) is 11.3. The highest BCUT2D eigenvalue weighted by atomic mass is 15.2. The second-order valence-electron chi connectivity index (χ2n) is 5.09. The lowest BCUT2D eigenvalue weighted by Crippen LogP contribution is -2.38. The molecule has 4 nitrogen and oxygen atoms in total. The number of aromatic nitrogens is 2. The third-order valence-electron chi connectivity index (χ3n) is 3.12. The second-order valence-corrected chi connectivity index (χ2v) is 5.09. The van der Waals surface area contributed by atoms with Crippen molar-refractivity contribution < 1.29 is 0 Å². The zero-order valence-corrected chi connectivity index (χ0v) is 12.1. The van der Waals surface area contributed by atoms with Gasteiger partial charge in [-0.25, -0.2) is 4.98 Å². The van der Waals surface area contributed by atoms with Gasteiger partial charge in [0.05, 0.1) is 11.9 Å². The maximum absolute atomic E-state index is 5.64. The molecule has 0 radical (unpaired) electrons. The average molecular weight is 250 g/mol. The topological polar surface area (TPSA) is 55.0 Å². The Bertz CT molecular complexity index is 347. The molecule has 18 heavy (non-hydrogen) atoms. The fourth-order valence-electron chi connectivity index (χ4n) is 2.18. The first-order valence-electron chi connectivity index (χ1n) is 6.89. The molecule has 1 aromatic rings. The fourth-order valence-corrected chi connectivity index (χ4v) is 2.18. The van der Waals surface area contributed by atoms with Crippen LogP contribution in [0.4, 0.5) is 5.82 Å². The van der Waals surface area contributed by atoms with Crippen LogP contribution in [0.2, 0.25) is 0 Å². The van der Waals surface area contributed by atoms with Gasteiger partial charge in [-0.15, -0.1) is 0 Å². The van der Waals surface area contributed by atoms with E-state index < -0.39 is 0 Å². The zero-order chi connectivity index (χ0) is 13.5. The van der Waals surface area contributed by atoms with Gasteiger partial charge in [0.15, 0.2) is 0 Å². The molecule has 0 atom stereocenters. The van der Waals surface area contributed by atoms with Gasteiger partial charge in [0, 0.05) is 25.3 Å². The molecule has 0 aromatic carbocycles. The molecular formula is C14H26N4. The molecule has 1 aromatic heterocycles. The third-order valence-corrected chi connectivity index (χ3v) is 3.12. The molecule has 0 aliphatic carbocycles. The summed E-state index contributed by atoms with van der Waals surface area (Å²) in [7, 11) is 0. The monoisotopic (exact) mass is 250 g/mol. The number of rotatable bonds is 7. The number of nitrogens with zero attached hydrogens (tertiary/aromatic N) is 3. The van der Waals surface area contributed by atoms with Crippen LogP contribution in [0.5, 0.6) is 0 Å². The molecule has 0 spiro atoms. The molecule has 4 heteroatoms. The molecule has 2 N–H and O–H groups in total. The SMILES string of the molecule is CCC(CC)N(CC(C)C)c1cncc(CN)n1. The molecule has 0 amide bonds. The van der Waals surface area contributed by atoms with Gasteiger partial charge in [-0.1, -0.05) is 27.7 Å². The van der Waals surface area contributed by atoms with Crippen LogP contribution in [0.3, 0.4) is 0 Å². The van der Waals surface area contributed by atoms with Crippen molar-refractivity contribution in [1.82, 2.24) is 9.97 Å². The predicted molar refractivity (Wildman–Crippen MR) is 76.5 cm³/mol. The number of hydrogen-bond donors (Lipinski definition) is 1. The highest BCUT2D eigenvalue weighted by Gasteiger charge is 2.18. The molecular weight excluding hydrogens is 224 g/mol. The summed E-state index contributed by atoms with van der Waals surface area (Å²) in [5.41, 5.74) is 6.49. The Kier molecular flexibility index (Phi) is 6.05. The molecule has 0 unspecified atom stereocenters. The zero-order valence-electron chi connectivity index (χ0n) is 12.1. The largest absolute Gasteiger partial charge is 0.352 e. The fraction of sp³-hybridized carbons (Fsp3) is 0.714. The van der Waals surface area contributed by atoms with Gasteiger partial charge in [-0.05, 0) is 18.8 Å². The molecule has 0 fully saturated rings. The van der Waals surface area contributed by atoms with E-state index in [2.05, 4.69) is 42.6 Å². The third kappa shape index (κ3) is 3.95. The van der Waals surface area contributed by atoms with Crippen LogP contribution in [0.25, 0.3) is 0 Å². The van der Waals surface area contributed by atoms with E-state index in [-0.39, 0.29) is 0 Å². The lowest BCUT2D eigenvalue weighted by molar-refractivity contribution is 0.502. The second kappa shape index (κ2) is 7.31. The summed E-state index contributed by atoms with van der Waals surface area (Å²) in [4.78, 5) is 11.2. The van der Waals surface area contributed by atoms with E-state index in [4.69, 9.17) is 5.73 Å². The summed E-state index contributed by atoms with van der Waals surface area (Å²) < 4.78 is 0. The maximum Gasteiger partial charge on any atom is 0.147 e. The van der Waals surface area contributed by atoms with Crippen molar-refractivity contribution >= 4 is 5.82 Å². The van der Waals surface area contributed by atoms with Gasteiger partial charge >= 0.3 is 0 Å². The van der Waals surface area contributed by atoms with Crippen molar-refractivity contribution in [2.45, 2.75) is 53.1 Å². The van der Waals surface area contributed by atoms with Crippen molar-refractivity contribution in [2.24, 2.45) is 11.7 Å². The molecule has 0 aliphatic heterocycles. The van der Waals surface area contributed by atoms with Crippen molar-refractivity contribution in [2.75, 3.05) is 11.4 Å². The van der Waals surface area contributed by atoms with E-state index in [0.29, 0.717) is 18.5 Å². The van der Waals surface area contributed by atoms with E-state index in [1.807, 2.05) is 6.20 Å². The Morgan fingerprint density at radius 3 is 2.39 bits per heavy atom. The molecule has 102 valence electrons. The molecule has 1 heterocycles. The summed E-state index contributed by atoms with van der Waals surface area (Å²) in [5.74, 6) is 1.56. The average Bonchev–Trinajstić information content (AvgIpc) is 2.38. The summed E-state index contributed by atoms with van der Waals surface area (Å²) in [6.07, 6.45) is 5.83. The van der Waals surface area contributed by atoms with Crippen molar-refractivity contribution in [3.8, 4) is 0 Å². The van der Waals surface area contributed by atoms with Crippen LogP contribution in [0, 0.1) is 5.92 Å². The van der Waals surface area contributed by atoms with E-state index in [0.717, 1.165) is 30.9 Å². The Morgan fingerprint density at radius 2 is 1.89 bits per heavy atom. The van der Waals surface area contributed by atoms with Crippen molar-refractivity contribution in [3.05, 3.63) is 18.1 Å². The van der Waals surface area contributed by atoms with Crippen LogP contribution in [0.15, 0.2) is 12.4 Å². The first-order chi connectivity index (χ1) is 8.62. The van der Waals surface area contributed by atoms with Crippen LogP contribution in [0.1, 0.15) is 46.2 Å². The minimum absolute atomic E-state index is 0.444. The number of anilines is 1. The minimum Gasteiger partial charge on any atom is -0.352 e. The predicted octanol–water partition coefficient (Wildman–Crippen LogP) is 2.59. The number of hydrogen-bond acceptors (Lipinski definition) is 4. The first-order valence-corrected chi connectivity index (χ1v) is 6.89. The van der Waals surface area contributed by atoms with Crippen LogP contribution in [-0.4, -0.2) is 22.6 Å². The van der Waals surface area contributed by atoms with Crippen LogP contribution >= 0.6 is 0 Å². The Balaban J connectivity index is 2.99. The smallest absolute Gasteiger partial charge is 0.147 e. The Morgan fingerprint density at radius 1 is 1.22 bits per heavy atom. The van der Waals surface area contributed by atoms with Gasteiger partial charge in [-0.3, -0.25) is 4.98 Å². The van der Waals surface area contributed by atoms with Crippen LogP contribution < -0.4 is 10.6 Å². The van der Waals surface area contributed by atoms with E-state index >= 15 is 0 Å². The summed E-state index contributed by atoms with van der Waals surface area (Å²) in [5, 5.41) is 0. The minimum atomic E-state index is 0.444. The van der Waals surface area contributed by atoms with E-state index in [1.54, 1.807) is 6.20 Å². The molecule has 1 rings (SSSR count). The van der Waals surface area contributed by atoms with Gasteiger partial charge in [0.25, 0.3) is 0 Å². The number of nitrogens with two attached hydrogens (primary N) is 1. The van der Waals surface area contributed by atoms with Crippen LogP contribution in [-0.2, 0) is 6.54 Å². The molecule has 0 aliphatic rings. The molecule has 0 saturated carbocycles. The lowest BCUT2D eigenvalue weighted by Gasteiger charge is -2.33. The summed E-state index contributed by atoms with van der Waals surface area (Å²) >= 11 is 0. The van der Waals surface area contributed by atoms with Gasteiger partial charge in [0.1, 0.15) is 5.82 Å². The first kappa shape index (κ1) is 14.9. The summed E-state index contributed by atoms with van der Waals surface area (Å²) in [6.45, 7) is 10.4. The lowest BCUT2D eigenvalue weighted by atomic mass is 10.1. The Hall–Kier alpha value is -1.16. The highest BCUT2D eigenvalue weighted by molar-refractivity contribution is 5.38. The molecule has 0 saturated heterocycles. The van der Waals surface area contributed by atoms with Gasteiger partial charge in [0.2, 0.25) is 0 Å².